The molecular formula is C17H25NO2. The Bertz CT molecular complexity index is 415. The Kier molecular flexibility index (Phi) is 4.58. The molecule has 1 aromatic rings. The number of hydrogen-bond acceptors (Lipinski definition) is 3. The lowest BCUT2D eigenvalue weighted by atomic mass is 10.1. The van der Waals surface area contributed by atoms with Gasteiger partial charge in [-0.2, -0.15) is 0 Å². The van der Waals surface area contributed by atoms with Crippen LogP contribution in [0.25, 0.3) is 0 Å². The Morgan fingerprint density at radius 2 is 1.95 bits per heavy atom. The van der Waals surface area contributed by atoms with Gasteiger partial charge in [0, 0.05) is 19.7 Å². The van der Waals surface area contributed by atoms with E-state index in [1.165, 1.54) is 25.7 Å². The van der Waals surface area contributed by atoms with Gasteiger partial charge in [-0.15, -0.1) is 0 Å². The first kappa shape index (κ1) is 13.9. The molecule has 0 spiro atoms. The van der Waals surface area contributed by atoms with E-state index in [1.807, 2.05) is 12.1 Å². The average Bonchev–Trinajstić information content (AvgIpc) is 3.33. The van der Waals surface area contributed by atoms with Gasteiger partial charge in [-0.05, 0) is 55.2 Å². The van der Waals surface area contributed by atoms with Gasteiger partial charge in [-0.3, -0.25) is 0 Å². The predicted molar refractivity (Wildman–Crippen MR) is 79.9 cm³/mol. The molecule has 1 N–H and O–H groups in total. The first-order valence-corrected chi connectivity index (χ1v) is 7.81. The third-order valence-electron chi connectivity index (χ3n) is 4.22. The van der Waals surface area contributed by atoms with E-state index in [1.54, 1.807) is 7.11 Å². The summed E-state index contributed by atoms with van der Waals surface area (Å²) in [4.78, 5) is 0. The van der Waals surface area contributed by atoms with Crippen LogP contribution in [0.5, 0.6) is 5.75 Å². The van der Waals surface area contributed by atoms with Crippen LogP contribution in [0.2, 0.25) is 0 Å². The van der Waals surface area contributed by atoms with E-state index in [4.69, 9.17) is 9.47 Å². The maximum absolute atomic E-state index is 5.83. The summed E-state index contributed by atoms with van der Waals surface area (Å²) in [7, 11) is 1.72. The molecule has 1 aromatic carbocycles. The molecule has 2 aliphatic rings. The second-order valence-electron chi connectivity index (χ2n) is 6.08. The van der Waals surface area contributed by atoms with Crippen molar-refractivity contribution in [3.8, 4) is 5.75 Å². The van der Waals surface area contributed by atoms with Crippen LogP contribution in [-0.2, 0) is 11.3 Å². The second kappa shape index (κ2) is 6.59. The minimum atomic E-state index is 0.640. The highest BCUT2D eigenvalue weighted by atomic mass is 16.5. The zero-order valence-electron chi connectivity index (χ0n) is 12.3. The normalized spacial score (nSPS) is 18.5. The lowest BCUT2D eigenvalue weighted by Gasteiger charge is -2.17. The SMILES string of the molecule is COCc1cccc(OCCNC(C2CC2)C2CC2)c1. The van der Waals surface area contributed by atoms with E-state index in [-0.39, 0.29) is 0 Å². The van der Waals surface area contributed by atoms with Crippen LogP contribution in [0.15, 0.2) is 24.3 Å². The summed E-state index contributed by atoms with van der Waals surface area (Å²) in [5.74, 6) is 2.84. The average molecular weight is 275 g/mol. The van der Waals surface area contributed by atoms with Crippen LogP contribution in [0.4, 0.5) is 0 Å². The summed E-state index contributed by atoms with van der Waals surface area (Å²) in [5, 5.41) is 3.70. The van der Waals surface area contributed by atoms with Crippen molar-refractivity contribution in [1.82, 2.24) is 5.32 Å². The minimum Gasteiger partial charge on any atom is -0.492 e. The van der Waals surface area contributed by atoms with Gasteiger partial charge in [0.15, 0.2) is 0 Å². The van der Waals surface area contributed by atoms with Crippen molar-refractivity contribution in [2.45, 2.75) is 38.3 Å². The van der Waals surface area contributed by atoms with Crippen LogP contribution >= 0.6 is 0 Å². The topological polar surface area (TPSA) is 30.5 Å². The summed E-state index contributed by atoms with van der Waals surface area (Å²) < 4.78 is 11.0. The molecule has 0 unspecified atom stereocenters. The molecule has 0 radical (unpaired) electrons. The summed E-state index contributed by atoms with van der Waals surface area (Å²) in [6.07, 6.45) is 5.70. The van der Waals surface area contributed by atoms with Crippen molar-refractivity contribution in [3.63, 3.8) is 0 Å². The fraction of sp³-hybridized carbons (Fsp3) is 0.647. The quantitative estimate of drug-likeness (QED) is 0.703. The molecule has 0 heterocycles. The Labute approximate surface area is 121 Å². The third kappa shape index (κ3) is 3.97. The third-order valence-corrected chi connectivity index (χ3v) is 4.22. The summed E-state index contributed by atoms with van der Waals surface area (Å²) >= 11 is 0. The molecule has 2 saturated carbocycles. The van der Waals surface area contributed by atoms with Crippen LogP contribution in [-0.4, -0.2) is 26.3 Å². The van der Waals surface area contributed by atoms with Gasteiger partial charge in [0.25, 0.3) is 0 Å². The molecule has 2 fully saturated rings. The largest absolute Gasteiger partial charge is 0.492 e. The Hall–Kier alpha value is -1.06. The molecule has 0 aliphatic heterocycles. The van der Waals surface area contributed by atoms with E-state index in [9.17, 15) is 0 Å². The summed E-state index contributed by atoms with van der Waals surface area (Å²) in [6, 6.07) is 8.92. The number of nitrogens with one attached hydrogen (secondary N) is 1. The van der Waals surface area contributed by atoms with Crippen molar-refractivity contribution in [2.24, 2.45) is 11.8 Å². The number of hydrogen-bond donors (Lipinski definition) is 1. The molecule has 0 aromatic heterocycles. The zero-order chi connectivity index (χ0) is 13.8. The molecule has 0 amide bonds. The van der Waals surface area contributed by atoms with E-state index in [2.05, 4.69) is 17.4 Å². The number of benzene rings is 1. The molecule has 0 bridgehead atoms. The second-order valence-corrected chi connectivity index (χ2v) is 6.08. The lowest BCUT2D eigenvalue weighted by Crippen LogP contribution is -2.36. The first-order valence-electron chi connectivity index (χ1n) is 7.81. The molecule has 3 nitrogen and oxygen atoms in total. The highest BCUT2D eigenvalue weighted by molar-refractivity contribution is 5.28. The summed E-state index contributed by atoms with van der Waals surface area (Å²) in [5.41, 5.74) is 1.16. The Morgan fingerprint density at radius 1 is 1.20 bits per heavy atom. The van der Waals surface area contributed by atoms with Gasteiger partial charge in [0.1, 0.15) is 12.4 Å². The highest BCUT2D eigenvalue weighted by Gasteiger charge is 2.40. The number of rotatable bonds is 9. The maximum atomic E-state index is 5.83. The minimum absolute atomic E-state index is 0.640. The van der Waals surface area contributed by atoms with Crippen molar-refractivity contribution in [3.05, 3.63) is 29.8 Å². The van der Waals surface area contributed by atoms with E-state index in [0.29, 0.717) is 6.61 Å². The fourth-order valence-corrected chi connectivity index (χ4v) is 2.92. The van der Waals surface area contributed by atoms with Crippen molar-refractivity contribution < 1.29 is 9.47 Å². The smallest absolute Gasteiger partial charge is 0.119 e. The molecule has 3 heteroatoms. The van der Waals surface area contributed by atoms with E-state index >= 15 is 0 Å². The Morgan fingerprint density at radius 3 is 2.60 bits per heavy atom. The number of methoxy groups -OCH3 is 1. The monoisotopic (exact) mass is 275 g/mol. The Balaban J connectivity index is 1.39. The summed E-state index contributed by atoms with van der Waals surface area (Å²) in [6.45, 7) is 2.33. The van der Waals surface area contributed by atoms with Crippen LogP contribution in [0.3, 0.4) is 0 Å². The highest BCUT2D eigenvalue weighted by Crippen LogP contribution is 2.44. The van der Waals surface area contributed by atoms with Gasteiger partial charge >= 0.3 is 0 Å². The molecule has 2 aliphatic carbocycles. The zero-order valence-corrected chi connectivity index (χ0v) is 12.3. The molecular weight excluding hydrogens is 250 g/mol. The van der Waals surface area contributed by atoms with Crippen LogP contribution in [0, 0.1) is 11.8 Å². The van der Waals surface area contributed by atoms with Gasteiger partial charge < -0.3 is 14.8 Å². The lowest BCUT2D eigenvalue weighted by molar-refractivity contribution is 0.184. The van der Waals surface area contributed by atoms with Gasteiger partial charge in [0.2, 0.25) is 0 Å². The standard InChI is InChI=1S/C17H25NO2/c1-19-12-13-3-2-4-16(11-13)20-10-9-18-17(14-5-6-14)15-7-8-15/h2-4,11,14-15,17-18H,5-10,12H2,1H3. The van der Waals surface area contributed by atoms with Crippen LogP contribution < -0.4 is 10.1 Å². The van der Waals surface area contributed by atoms with Crippen molar-refractivity contribution in [1.29, 1.82) is 0 Å². The van der Waals surface area contributed by atoms with Crippen molar-refractivity contribution in [2.75, 3.05) is 20.3 Å². The van der Waals surface area contributed by atoms with Crippen molar-refractivity contribution >= 4 is 0 Å². The fourth-order valence-electron chi connectivity index (χ4n) is 2.92. The first-order chi connectivity index (χ1) is 9.86. The molecule has 0 saturated heterocycles. The number of ether oxygens (including phenoxy) is 2. The van der Waals surface area contributed by atoms with Crippen LogP contribution in [0.1, 0.15) is 31.2 Å². The molecule has 20 heavy (non-hydrogen) atoms. The molecule has 0 atom stereocenters. The van der Waals surface area contributed by atoms with E-state index in [0.717, 1.165) is 42.3 Å². The van der Waals surface area contributed by atoms with Gasteiger partial charge in [0.05, 0.1) is 6.61 Å². The predicted octanol–water partition coefficient (Wildman–Crippen LogP) is 2.99. The van der Waals surface area contributed by atoms with Gasteiger partial charge in [-0.1, -0.05) is 12.1 Å². The molecule has 110 valence electrons. The van der Waals surface area contributed by atoms with Gasteiger partial charge in [-0.25, -0.2) is 0 Å². The van der Waals surface area contributed by atoms with E-state index < -0.39 is 0 Å². The maximum Gasteiger partial charge on any atom is 0.119 e. The molecule has 3 rings (SSSR count).